The fraction of sp³-hybridized carbons (Fsp3) is 0.130. The molecule has 0 bridgehead atoms. The molecule has 2 aliphatic carbocycles. The molecule has 0 unspecified atom stereocenters. The summed E-state index contributed by atoms with van der Waals surface area (Å²) < 4.78 is 6.56. The van der Waals surface area contributed by atoms with Crippen molar-refractivity contribution in [3.05, 3.63) is 298 Å². The highest BCUT2D eigenvalue weighted by Crippen LogP contribution is 2.60. The van der Waals surface area contributed by atoms with Crippen molar-refractivity contribution in [2.45, 2.75) is 60.3 Å². The van der Waals surface area contributed by atoms with Gasteiger partial charge in [0.2, 0.25) is 0 Å². The van der Waals surface area contributed by atoms with Crippen molar-refractivity contribution in [2.24, 2.45) is 10.7 Å². The number of nitrogens with two attached hydrogens (primary N) is 1. The summed E-state index contributed by atoms with van der Waals surface area (Å²) >= 11 is 0. The largest absolute Gasteiger partial charge is 0.460 e. The number of fused-ring (bicyclic) bond motifs is 9. The lowest BCUT2D eigenvalue weighted by Crippen LogP contribution is -2.22. The lowest BCUT2D eigenvalue weighted by molar-refractivity contribution is 0.576. The Kier molecular flexibility index (Phi) is 17.5. The van der Waals surface area contributed by atoms with Crippen LogP contribution in [0, 0.1) is 26.2 Å². The molecule has 364 valence electrons. The van der Waals surface area contributed by atoms with Crippen molar-refractivity contribution in [3.63, 3.8) is 0 Å². The van der Waals surface area contributed by atoms with Gasteiger partial charge in [0.05, 0.1) is 16.8 Å². The van der Waals surface area contributed by atoms with Crippen LogP contribution in [-0.2, 0) is 5.41 Å². The molecule has 3 N–H and O–H groups in total. The number of allylic oxidation sites excluding steroid dienone is 16. The van der Waals surface area contributed by atoms with Gasteiger partial charge in [-0.1, -0.05) is 237 Å². The molecule has 4 nitrogen and oxygen atoms in total. The molecule has 0 radical (unpaired) electrons. The molecule has 6 aromatic carbocycles. The number of nitrogens with one attached hydrogen (secondary N) is 1. The maximum Gasteiger partial charge on any atom is 0.143 e. The molecule has 0 aliphatic heterocycles. The third-order valence-corrected chi connectivity index (χ3v) is 13.1. The maximum absolute atomic E-state index is 8.05. The number of aryl methyl sites for hydroxylation is 3. The van der Waals surface area contributed by atoms with Crippen molar-refractivity contribution in [3.8, 4) is 11.1 Å². The van der Waals surface area contributed by atoms with Crippen LogP contribution in [0.25, 0.3) is 45.1 Å². The third kappa shape index (κ3) is 11.5. The molecule has 7 aromatic rings. The zero-order valence-corrected chi connectivity index (χ0v) is 43.4. The topological polar surface area (TPSA) is 75.4 Å². The highest BCUT2D eigenvalue weighted by Gasteiger charge is 2.48. The molecular weight excluding hydrogens is 887 g/mol. The van der Waals surface area contributed by atoms with Crippen molar-refractivity contribution in [2.75, 3.05) is 0 Å². The molecule has 0 saturated carbocycles. The Bertz CT molecular complexity index is 3360. The van der Waals surface area contributed by atoms with E-state index in [1.807, 2.05) is 123 Å². The number of rotatable bonds is 13. The van der Waals surface area contributed by atoms with E-state index in [0.717, 1.165) is 51.3 Å². The third-order valence-electron chi connectivity index (χ3n) is 13.1. The fourth-order valence-electron chi connectivity index (χ4n) is 9.58. The van der Waals surface area contributed by atoms with Gasteiger partial charge in [-0.25, -0.2) is 0 Å². The summed E-state index contributed by atoms with van der Waals surface area (Å²) in [4.78, 5) is 3.99. The van der Waals surface area contributed by atoms with Gasteiger partial charge in [0, 0.05) is 27.8 Å². The first-order valence-electron chi connectivity index (χ1n) is 25.0. The minimum atomic E-state index is -0.331. The lowest BCUT2D eigenvalue weighted by atomic mass is 9.73. The average Bonchev–Trinajstić information content (AvgIpc) is 4.03. The zero-order valence-electron chi connectivity index (χ0n) is 43.4. The van der Waals surface area contributed by atoms with Crippen LogP contribution in [0.2, 0.25) is 0 Å². The number of hydrogen-bond acceptors (Lipinski definition) is 4. The van der Waals surface area contributed by atoms with Crippen LogP contribution in [0.4, 0.5) is 0 Å². The summed E-state index contributed by atoms with van der Waals surface area (Å²) in [5.74, 6) is 0.972. The van der Waals surface area contributed by atoms with E-state index in [1.54, 1.807) is 12.2 Å². The van der Waals surface area contributed by atoms with Gasteiger partial charge >= 0.3 is 0 Å². The van der Waals surface area contributed by atoms with E-state index in [0.29, 0.717) is 11.4 Å². The number of furan rings is 1. The molecule has 0 amide bonds. The van der Waals surface area contributed by atoms with Crippen molar-refractivity contribution < 1.29 is 4.42 Å². The Hall–Kier alpha value is -8.60. The van der Waals surface area contributed by atoms with E-state index >= 15 is 0 Å². The minimum Gasteiger partial charge on any atom is -0.460 e. The predicted molar refractivity (Wildman–Crippen MR) is 316 cm³/mol. The SMILES string of the molecule is C/C=C\C=C/C1=CC2(c3cc(C)ccc3-c3ccc(C)cc32)c2ccc3c(/C=C\CC)c(C)oc3c21.C=C\C=C/C(=C\C)C(/C=C(\N)c1ccccc1)=C/C.C=N/C(=C\C(=N)c1ccccc1)c1ccccc1. The molecule has 0 fully saturated rings. The molecule has 0 saturated heterocycles. The Morgan fingerprint density at radius 3 is 1.81 bits per heavy atom. The van der Waals surface area contributed by atoms with Gasteiger partial charge in [0.1, 0.15) is 11.3 Å². The molecule has 73 heavy (non-hydrogen) atoms. The smallest absolute Gasteiger partial charge is 0.143 e. The highest BCUT2D eigenvalue weighted by molar-refractivity contribution is 6.10. The minimum absolute atomic E-state index is 0.331. The summed E-state index contributed by atoms with van der Waals surface area (Å²) in [5, 5.41) is 9.23. The first-order chi connectivity index (χ1) is 35.5. The number of benzene rings is 6. The monoisotopic (exact) mass is 954 g/mol. The molecule has 2 aliphatic rings. The quantitative estimate of drug-likeness (QED) is 0.0892. The van der Waals surface area contributed by atoms with Gasteiger partial charge in [0.25, 0.3) is 0 Å². The summed E-state index contributed by atoms with van der Waals surface area (Å²) in [5.41, 5.74) is 26.7. The summed E-state index contributed by atoms with van der Waals surface area (Å²) in [6.07, 6.45) is 30.0. The van der Waals surface area contributed by atoms with Crippen LogP contribution in [0.1, 0.15) is 95.5 Å². The molecular formula is C69H67N3O. The van der Waals surface area contributed by atoms with Gasteiger partial charge in [-0.15, -0.1) is 0 Å². The molecule has 4 heteroatoms. The normalized spacial score (nSPS) is 14.0. The van der Waals surface area contributed by atoms with Gasteiger partial charge in [-0.05, 0) is 122 Å². The zero-order chi connectivity index (χ0) is 51.9. The number of aliphatic imine (C=N–C) groups is 1. The Morgan fingerprint density at radius 2 is 1.26 bits per heavy atom. The first-order valence-corrected chi connectivity index (χ1v) is 25.0. The summed E-state index contributed by atoms with van der Waals surface area (Å²) in [6.45, 7) is 22.0. The second kappa shape index (κ2) is 24.5. The van der Waals surface area contributed by atoms with Gasteiger partial charge in [-0.3, -0.25) is 4.99 Å². The van der Waals surface area contributed by atoms with Gasteiger partial charge in [-0.2, -0.15) is 0 Å². The Balaban J connectivity index is 0.000000178. The van der Waals surface area contributed by atoms with Crippen LogP contribution in [0.15, 0.2) is 246 Å². The Morgan fingerprint density at radius 1 is 0.671 bits per heavy atom. The maximum atomic E-state index is 8.05. The molecule has 0 atom stereocenters. The van der Waals surface area contributed by atoms with Gasteiger partial charge in [0.15, 0.2) is 0 Å². The van der Waals surface area contributed by atoms with Crippen LogP contribution in [0.5, 0.6) is 0 Å². The van der Waals surface area contributed by atoms with E-state index in [-0.39, 0.29) is 5.41 Å². The molecule has 1 aromatic heterocycles. The van der Waals surface area contributed by atoms with Crippen LogP contribution >= 0.6 is 0 Å². The second-order valence-corrected chi connectivity index (χ2v) is 18.0. The highest BCUT2D eigenvalue weighted by atomic mass is 16.3. The number of hydrogen-bond donors (Lipinski definition) is 2. The van der Waals surface area contributed by atoms with E-state index < -0.39 is 0 Å². The number of nitrogens with zero attached hydrogens (tertiary/aromatic N) is 1. The van der Waals surface area contributed by atoms with Gasteiger partial charge < -0.3 is 15.6 Å². The summed E-state index contributed by atoms with van der Waals surface area (Å²) in [7, 11) is 0. The van der Waals surface area contributed by atoms with Crippen molar-refractivity contribution >= 4 is 46.4 Å². The summed E-state index contributed by atoms with van der Waals surface area (Å²) in [6, 6.07) is 47.8. The molecule has 1 heterocycles. The fourth-order valence-corrected chi connectivity index (χ4v) is 9.58. The average molecular weight is 954 g/mol. The van der Waals surface area contributed by atoms with E-state index in [4.69, 9.17) is 15.6 Å². The predicted octanol–water partition coefficient (Wildman–Crippen LogP) is 18.0. The van der Waals surface area contributed by atoms with E-state index in [9.17, 15) is 0 Å². The standard InChI is InChI=1S/C35H32O.C18H21N.C16H14N2/c1-6-8-10-11-25-21-35(30-18-17-29-26(12-9-7-2)24(5)36-34(29)33(25)30)31-19-22(3)13-15-27(31)28-16-14-23(4)20-32(28)35;1-4-7-11-15(5-2)16(6-3)14-18(19)17-12-9-8-10-13-17;1-18-16(14-10-6-3-7-11-14)12-15(17)13-8-4-2-5-9-13/h6,8-21H,7H2,1-5H3;4-14H,1,19H2,2-3H3;2-12,17H,1H2/b8-6-,11-10-,12-9-;11-7-,15-5+,16-6+,18-14-;16-12-,17-15?. The van der Waals surface area contributed by atoms with E-state index in [2.05, 4.69) is 156 Å². The molecule has 1 spiro atoms. The second-order valence-electron chi connectivity index (χ2n) is 18.0. The van der Waals surface area contributed by atoms with Crippen LogP contribution in [0.3, 0.4) is 0 Å². The Labute approximate surface area is 434 Å². The molecule has 9 rings (SSSR count). The first kappa shape index (κ1) is 52.2. The van der Waals surface area contributed by atoms with Crippen LogP contribution < -0.4 is 5.73 Å². The van der Waals surface area contributed by atoms with Crippen LogP contribution in [-0.4, -0.2) is 12.4 Å². The van der Waals surface area contributed by atoms with E-state index in [1.165, 1.54) is 61.0 Å². The lowest BCUT2D eigenvalue weighted by Gasteiger charge is -2.27. The van der Waals surface area contributed by atoms with Crippen molar-refractivity contribution in [1.29, 1.82) is 5.41 Å². The van der Waals surface area contributed by atoms with Crippen molar-refractivity contribution in [1.82, 2.24) is 0 Å².